The van der Waals surface area contributed by atoms with Crippen LogP contribution in [0.3, 0.4) is 0 Å². The van der Waals surface area contributed by atoms with Gasteiger partial charge in [0.15, 0.2) is 0 Å². The van der Waals surface area contributed by atoms with Crippen LogP contribution in [0.2, 0.25) is 5.02 Å². The number of anilines is 1. The molecule has 0 bridgehead atoms. The Bertz CT molecular complexity index is 519. The second kappa shape index (κ2) is 4.88. The van der Waals surface area contributed by atoms with Crippen molar-refractivity contribution in [1.29, 1.82) is 0 Å². The van der Waals surface area contributed by atoms with Crippen molar-refractivity contribution in [3.8, 4) is 11.5 Å². The average molecular weight is 347 g/mol. The smallest absolute Gasteiger partial charge is 0.150 e. The minimum Gasteiger partial charge on any atom is -0.454 e. The van der Waals surface area contributed by atoms with Gasteiger partial charge in [-0.2, -0.15) is 0 Å². The quantitative estimate of drug-likeness (QED) is 0.666. The molecule has 1 aromatic carbocycles. The van der Waals surface area contributed by atoms with Crippen molar-refractivity contribution < 1.29 is 4.74 Å². The van der Waals surface area contributed by atoms with E-state index in [2.05, 4.69) is 27.6 Å². The molecule has 16 heavy (non-hydrogen) atoms. The van der Waals surface area contributed by atoms with Gasteiger partial charge in [-0.25, -0.2) is 0 Å². The number of ether oxygens (including phenoxy) is 1. The van der Waals surface area contributed by atoms with E-state index in [0.717, 1.165) is 3.57 Å². The highest BCUT2D eigenvalue weighted by Crippen LogP contribution is 2.29. The van der Waals surface area contributed by atoms with Crippen molar-refractivity contribution in [2.75, 3.05) is 5.73 Å². The lowest BCUT2D eigenvalue weighted by Crippen LogP contribution is -1.92. The fourth-order valence-corrected chi connectivity index (χ4v) is 1.87. The molecule has 0 unspecified atom stereocenters. The maximum Gasteiger partial charge on any atom is 0.150 e. The first-order valence-electron chi connectivity index (χ1n) is 4.48. The van der Waals surface area contributed by atoms with Crippen molar-refractivity contribution in [3.63, 3.8) is 0 Å². The number of rotatable bonds is 2. The Labute approximate surface area is 112 Å². The number of pyridine rings is 1. The van der Waals surface area contributed by atoms with Gasteiger partial charge in [0.1, 0.15) is 11.5 Å². The van der Waals surface area contributed by atoms with E-state index in [-0.39, 0.29) is 0 Å². The van der Waals surface area contributed by atoms with Crippen LogP contribution in [-0.4, -0.2) is 4.98 Å². The Kier molecular flexibility index (Phi) is 3.50. The maximum atomic E-state index is 5.82. The molecule has 0 saturated carbocycles. The number of aromatic nitrogens is 1. The number of benzene rings is 1. The van der Waals surface area contributed by atoms with Crippen LogP contribution in [0.5, 0.6) is 11.5 Å². The molecule has 0 aliphatic heterocycles. The summed E-state index contributed by atoms with van der Waals surface area (Å²) in [6.45, 7) is 0. The van der Waals surface area contributed by atoms with E-state index in [0.29, 0.717) is 22.2 Å². The molecule has 2 aromatic rings. The molecule has 0 aliphatic rings. The van der Waals surface area contributed by atoms with Crippen LogP contribution in [0.4, 0.5) is 5.69 Å². The third-order valence-electron chi connectivity index (χ3n) is 1.88. The molecule has 5 heteroatoms. The van der Waals surface area contributed by atoms with Gasteiger partial charge in [0.2, 0.25) is 0 Å². The van der Waals surface area contributed by atoms with E-state index < -0.39 is 0 Å². The van der Waals surface area contributed by atoms with Crippen molar-refractivity contribution in [2.45, 2.75) is 0 Å². The number of nitrogens with two attached hydrogens (primary N) is 1. The lowest BCUT2D eigenvalue weighted by Gasteiger charge is -2.08. The van der Waals surface area contributed by atoms with Gasteiger partial charge in [0.05, 0.1) is 16.9 Å². The van der Waals surface area contributed by atoms with E-state index in [4.69, 9.17) is 22.1 Å². The van der Waals surface area contributed by atoms with E-state index in [1.165, 1.54) is 0 Å². The van der Waals surface area contributed by atoms with Gasteiger partial charge < -0.3 is 10.5 Å². The summed E-state index contributed by atoms with van der Waals surface area (Å²) >= 11 is 7.99. The number of hydrogen-bond acceptors (Lipinski definition) is 3. The zero-order chi connectivity index (χ0) is 11.5. The third kappa shape index (κ3) is 2.76. The molecule has 2 rings (SSSR count). The lowest BCUT2D eigenvalue weighted by atomic mass is 10.3. The lowest BCUT2D eigenvalue weighted by molar-refractivity contribution is 0.482. The van der Waals surface area contributed by atoms with Crippen LogP contribution in [0.25, 0.3) is 0 Å². The summed E-state index contributed by atoms with van der Waals surface area (Å²) < 4.78 is 6.63. The van der Waals surface area contributed by atoms with Gasteiger partial charge in [0.25, 0.3) is 0 Å². The van der Waals surface area contributed by atoms with E-state index in [1.54, 1.807) is 18.5 Å². The van der Waals surface area contributed by atoms with Crippen LogP contribution >= 0.6 is 34.2 Å². The first kappa shape index (κ1) is 11.5. The van der Waals surface area contributed by atoms with Crippen molar-refractivity contribution in [3.05, 3.63) is 45.3 Å². The van der Waals surface area contributed by atoms with Crippen LogP contribution in [0.15, 0.2) is 36.7 Å². The molecular formula is C11H8ClIN2O. The second-order valence-electron chi connectivity index (χ2n) is 3.12. The summed E-state index contributed by atoms with van der Waals surface area (Å²) in [6.07, 6.45) is 3.13. The molecule has 0 spiro atoms. The zero-order valence-electron chi connectivity index (χ0n) is 8.15. The molecule has 0 radical (unpaired) electrons. The summed E-state index contributed by atoms with van der Waals surface area (Å²) in [6, 6.07) is 7.27. The van der Waals surface area contributed by atoms with E-state index in [1.807, 2.05) is 18.2 Å². The molecular weight excluding hydrogens is 338 g/mol. The highest BCUT2D eigenvalue weighted by molar-refractivity contribution is 14.1. The normalized spacial score (nSPS) is 10.1. The fraction of sp³-hybridized carbons (Fsp3) is 0. The van der Waals surface area contributed by atoms with Crippen LogP contribution in [0.1, 0.15) is 0 Å². The Balaban J connectivity index is 2.27. The largest absolute Gasteiger partial charge is 0.454 e. The summed E-state index contributed by atoms with van der Waals surface area (Å²) in [4.78, 5) is 3.93. The van der Waals surface area contributed by atoms with Gasteiger partial charge in [0, 0.05) is 15.8 Å². The Morgan fingerprint density at radius 2 is 2.06 bits per heavy atom. The predicted octanol–water partition coefficient (Wildman–Crippen LogP) is 3.71. The molecule has 0 fully saturated rings. The predicted molar refractivity (Wildman–Crippen MR) is 72.9 cm³/mol. The van der Waals surface area contributed by atoms with Crippen LogP contribution in [0, 0.1) is 3.57 Å². The highest BCUT2D eigenvalue weighted by Gasteiger charge is 2.03. The van der Waals surface area contributed by atoms with Crippen LogP contribution in [-0.2, 0) is 0 Å². The number of nitrogen functional groups attached to an aromatic ring is 1. The SMILES string of the molecule is Nc1cc(I)ccc1Oc1cncc(Cl)c1. The first-order chi connectivity index (χ1) is 7.65. The van der Waals surface area contributed by atoms with Crippen LogP contribution < -0.4 is 10.5 Å². The molecule has 0 amide bonds. The summed E-state index contributed by atoms with van der Waals surface area (Å²) in [5.74, 6) is 1.17. The molecule has 0 saturated heterocycles. The average Bonchev–Trinajstić information content (AvgIpc) is 2.22. The monoisotopic (exact) mass is 346 g/mol. The minimum absolute atomic E-state index is 0.529. The maximum absolute atomic E-state index is 5.82. The molecule has 3 nitrogen and oxygen atoms in total. The first-order valence-corrected chi connectivity index (χ1v) is 5.94. The second-order valence-corrected chi connectivity index (χ2v) is 4.81. The Morgan fingerprint density at radius 3 is 2.75 bits per heavy atom. The number of hydrogen-bond donors (Lipinski definition) is 1. The number of halogens is 2. The third-order valence-corrected chi connectivity index (χ3v) is 2.76. The van der Waals surface area contributed by atoms with Gasteiger partial charge in [-0.05, 0) is 40.8 Å². The van der Waals surface area contributed by atoms with Crippen molar-refractivity contribution >= 4 is 39.9 Å². The number of nitrogens with zero attached hydrogens (tertiary/aromatic N) is 1. The van der Waals surface area contributed by atoms with Gasteiger partial charge in [-0.15, -0.1) is 0 Å². The topological polar surface area (TPSA) is 48.1 Å². The Hall–Kier alpha value is -1.01. The van der Waals surface area contributed by atoms with E-state index >= 15 is 0 Å². The summed E-state index contributed by atoms with van der Waals surface area (Å²) in [7, 11) is 0. The molecule has 0 atom stereocenters. The highest BCUT2D eigenvalue weighted by atomic mass is 127. The molecule has 1 aromatic heterocycles. The molecule has 82 valence electrons. The van der Waals surface area contributed by atoms with Gasteiger partial charge in [-0.1, -0.05) is 11.6 Å². The van der Waals surface area contributed by atoms with Crippen molar-refractivity contribution in [2.24, 2.45) is 0 Å². The molecule has 2 N–H and O–H groups in total. The molecule has 0 aliphatic carbocycles. The van der Waals surface area contributed by atoms with Gasteiger partial charge in [-0.3, -0.25) is 4.98 Å². The fourth-order valence-electron chi connectivity index (χ4n) is 1.19. The zero-order valence-corrected chi connectivity index (χ0v) is 11.1. The minimum atomic E-state index is 0.529. The standard InChI is InChI=1S/C11H8ClIN2O/c12-7-3-9(6-15-5-7)16-11-2-1-8(13)4-10(11)14/h1-6H,14H2. The summed E-state index contributed by atoms with van der Waals surface area (Å²) in [5.41, 5.74) is 6.41. The van der Waals surface area contributed by atoms with Crippen molar-refractivity contribution in [1.82, 2.24) is 4.98 Å². The van der Waals surface area contributed by atoms with E-state index in [9.17, 15) is 0 Å². The van der Waals surface area contributed by atoms with Gasteiger partial charge >= 0.3 is 0 Å². The molecule has 1 heterocycles. The Morgan fingerprint density at radius 1 is 1.25 bits per heavy atom. The summed E-state index contributed by atoms with van der Waals surface area (Å²) in [5, 5.41) is 0.529.